The summed E-state index contributed by atoms with van der Waals surface area (Å²) in [5, 5.41) is 0. The molecule has 84 valence electrons. The van der Waals surface area contributed by atoms with E-state index in [1.54, 1.807) is 6.08 Å². The average Bonchev–Trinajstić information content (AvgIpc) is 2.81. The van der Waals surface area contributed by atoms with Crippen LogP contribution in [0.4, 0.5) is 0 Å². The Labute approximate surface area is 95.2 Å². The van der Waals surface area contributed by atoms with Crippen LogP contribution in [0.25, 0.3) is 0 Å². The smallest absolute Gasteiger partial charge is 0.235 e. The van der Waals surface area contributed by atoms with E-state index in [0.29, 0.717) is 12.5 Å². The summed E-state index contributed by atoms with van der Waals surface area (Å²) in [6, 6.07) is 8.04. The van der Waals surface area contributed by atoms with E-state index in [2.05, 4.69) is 4.99 Å². The Morgan fingerprint density at radius 1 is 1.44 bits per heavy atom. The van der Waals surface area contributed by atoms with Crippen molar-refractivity contribution in [1.29, 1.82) is 0 Å². The molecule has 0 bridgehead atoms. The van der Waals surface area contributed by atoms with Gasteiger partial charge in [0, 0.05) is 12.5 Å². The molecule has 1 fully saturated rings. The average molecular weight is 217 g/mol. The monoisotopic (exact) mass is 217 g/mol. The fraction of sp³-hybridized carbons (Fsp3) is 0.462. The van der Waals surface area contributed by atoms with Crippen molar-refractivity contribution in [2.24, 2.45) is 10.9 Å². The molecule has 3 nitrogen and oxygen atoms in total. The highest BCUT2D eigenvalue weighted by molar-refractivity contribution is 5.36. The molecule has 0 aromatic heterocycles. The van der Waals surface area contributed by atoms with Gasteiger partial charge in [-0.1, -0.05) is 29.8 Å². The Hall–Kier alpha value is -1.44. The molecule has 0 N–H and O–H groups in total. The molecule has 3 heteroatoms. The van der Waals surface area contributed by atoms with Gasteiger partial charge in [-0.2, -0.15) is 4.99 Å². The number of aryl methyl sites for hydroxylation is 1. The van der Waals surface area contributed by atoms with Crippen molar-refractivity contribution in [3.05, 3.63) is 35.4 Å². The zero-order valence-electron chi connectivity index (χ0n) is 9.35. The molecular weight excluding hydrogens is 202 g/mol. The first kappa shape index (κ1) is 11.1. The molecule has 1 heterocycles. The van der Waals surface area contributed by atoms with Crippen LogP contribution < -0.4 is 0 Å². The van der Waals surface area contributed by atoms with E-state index in [9.17, 15) is 4.79 Å². The predicted molar refractivity (Wildman–Crippen MR) is 61.0 cm³/mol. The molecule has 2 rings (SSSR count). The summed E-state index contributed by atoms with van der Waals surface area (Å²) in [4.78, 5) is 14.4. The van der Waals surface area contributed by atoms with Gasteiger partial charge in [-0.05, 0) is 18.9 Å². The highest BCUT2D eigenvalue weighted by atomic mass is 16.5. The molecule has 0 aliphatic carbocycles. The second-order valence-corrected chi connectivity index (χ2v) is 4.20. The minimum Gasteiger partial charge on any atom is -0.381 e. The van der Waals surface area contributed by atoms with Crippen molar-refractivity contribution in [1.82, 2.24) is 0 Å². The number of nitrogens with zero attached hydrogens (tertiary/aromatic N) is 1. The van der Waals surface area contributed by atoms with Crippen LogP contribution in [0, 0.1) is 12.8 Å². The Morgan fingerprint density at radius 2 is 2.19 bits per heavy atom. The van der Waals surface area contributed by atoms with Gasteiger partial charge in [0.05, 0.1) is 12.6 Å². The van der Waals surface area contributed by atoms with Crippen molar-refractivity contribution in [3.63, 3.8) is 0 Å². The molecule has 1 aliphatic rings. The van der Waals surface area contributed by atoms with Crippen molar-refractivity contribution < 1.29 is 9.53 Å². The second-order valence-electron chi connectivity index (χ2n) is 4.20. The Bertz CT molecular complexity index is 387. The topological polar surface area (TPSA) is 38.7 Å². The third-order valence-corrected chi connectivity index (χ3v) is 3.02. The lowest BCUT2D eigenvalue weighted by molar-refractivity contribution is 0.181. The van der Waals surface area contributed by atoms with Gasteiger partial charge < -0.3 is 4.74 Å². The summed E-state index contributed by atoms with van der Waals surface area (Å²) < 4.78 is 5.34. The minimum absolute atomic E-state index is 0.0967. The maximum absolute atomic E-state index is 10.5. The van der Waals surface area contributed by atoms with Crippen molar-refractivity contribution in [2.75, 3.05) is 13.2 Å². The fourth-order valence-electron chi connectivity index (χ4n) is 2.07. The highest BCUT2D eigenvalue weighted by Crippen LogP contribution is 2.31. The number of hydrogen-bond acceptors (Lipinski definition) is 3. The van der Waals surface area contributed by atoms with Crippen LogP contribution in [0.1, 0.15) is 23.6 Å². The predicted octanol–water partition coefficient (Wildman–Crippen LogP) is 2.41. The van der Waals surface area contributed by atoms with Crippen LogP contribution in [0.5, 0.6) is 0 Å². The molecule has 1 aromatic rings. The van der Waals surface area contributed by atoms with Crippen molar-refractivity contribution in [2.45, 2.75) is 19.4 Å². The number of aliphatic imine (C=N–C) groups is 1. The van der Waals surface area contributed by atoms with E-state index in [1.807, 2.05) is 31.2 Å². The van der Waals surface area contributed by atoms with E-state index in [4.69, 9.17) is 4.74 Å². The summed E-state index contributed by atoms with van der Waals surface area (Å²) in [6.45, 7) is 3.49. The van der Waals surface area contributed by atoms with E-state index in [1.165, 1.54) is 5.56 Å². The van der Waals surface area contributed by atoms with Gasteiger partial charge in [0.15, 0.2) is 0 Å². The van der Waals surface area contributed by atoms with Crippen molar-refractivity contribution >= 4 is 6.08 Å². The number of carbonyl (C=O) groups excluding carboxylic acids is 1. The van der Waals surface area contributed by atoms with Gasteiger partial charge in [-0.15, -0.1) is 0 Å². The minimum atomic E-state index is -0.0967. The summed E-state index contributed by atoms with van der Waals surface area (Å²) in [7, 11) is 0. The van der Waals surface area contributed by atoms with Gasteiger partial charge in [-0.3, -0.25) is 0 Å². The van der Waals surface area contributed by atoms with Gasteiger partial charge in [0.25, 0.3) is 0 Å². The third kappa shape index (κ3) is 2.38. The lowest BCUT2D eigenvalue weighted by Gasteiger charge is -2.16. The van der Waals surface area contributed by atoms with E-state index in [-0.39, 0.29) is 6.04 Å². The summed E-state index contributed by atoms with van der Waals surface area (Å²) in [6.07, 6.45) is 2.64. The molecular formula is C13H15NO2. The van der Waals surface area contributed by atoms with Crippen LogP contribution in [-0.2, 0) is 9.53 Å². The van der Waals surface area contributed by atoms with Crippen LogP contribution in [-0.4, -0.2) is 19.3 Å². The normalized spacial score (nSPS) is 21.4. The highest BCUT2D eigenvalue weighted by Gasteiger charge is 2.26. The van der Waals surface area contributed by atoms with E-state index < -0.39 is 0 Å². The first-order valence-electron chi connectivity index (χ1n) is 5.52. The molecule has 2 unspecified atom stereocenters. The van der Waals surface area contributed by atoms with Crippen LogP contribution in [0.15, 0.2) is 29.3 Å². The molecule has 0 saturated carbocycles. The SMILES string of the molecule is Cc1ccc(C(N=C=O)C2CCOC2)cc1. The molecule has 0 radical (unpaired) electrons. The summed E-state index contributed by atoms with van der Waals surface area (Å²) in [5.41, 5.74) is 2.28. The lowest BCUT2D eigenvalue weighted by Crippen LogP contribution is -2.11. The summed E-state index contributed by atoms with van der Waals surface area (Å²) in [5.74, 6) is 0.309. The molecule has 1 aliphatic heterocycles. The van der Waals surface area contributed by atoms with Gasteiger partial charge in [-0.25, -0.2) is 4.79 Å². The standard InChI is InChI=1S/C13H15NO2/c1-10-2-4-11(5-3-10)13(14-9-15)12-6-7-16-8-12/h2-5,12-13H,6-8H2,1H3. The number of isocyanates is 1. The van der Waals surface area contributed by atoms with Crippen LogP contribution in [0.2, 0.25) is 0 Å². The Morgan fingerprint density at radius 3 is 2.75 bits per heavy atom. The second kappa shape index (κ2) is 5.06. The molecule has 1 saturated heterocycles. The number of hydrogen-bond donors (Lipinski definition) is 0. The van der Waals surface area contributed by atoms with Gasteiger partial charge >= 0.3 is 0 Å². The maximum Gasteiger partial charge on any atom is 0.235 e. The van der Waals surface area contributed by atoms with Gasteiger partial charge in [0.1, 0.15) is 0 Å². The van der Waals surface area contributed by atoms with Crippen LogP contribution in [0.3, 0.4) is 0 Å². The van der Waals surface area contributed by atoms with E-state index in [0.717, 1.165) is 18.6 Å². The lowest BCUT2D eigenvalue weighted by atomic mass is 9.92. The molecule has 16 heavy (non-hydrogen) atoms. The van der Waals surface area contributed by atoms with Crippen molar-refractivity contribution in [3.8, 4) is 0 Å². The number of ether oxygens (including phenoxy) is 1. The quantitative estimate of drug-likeness (QED) is 0.576. The Balaban J connectivity index is 2.24. The van der Waals surface area contributed by atoms with E-state index >= 15 is 0 Å². The van der Waals surface area contributed by atoms with Gasteiger partial charge in [0.2, 0.25) is 6.08 Å². The number of rotatable bonds is 3. The molecule has 0 spiro atoms. The fourth-order valence-corrected chi connectivity index (χ4v) is 2.07. The Kier molecular flexibility index (Phi) is 3.50. The van der Waals surface area contributed by atoms with Crippen LogP contribution >= 0.6 is 0 Å². The third-order valence-electron chi connectivity index (χ3n) is 3.02. The molecule has 2 atom stereocenters. The first-order chi connectivity index (χ1) is 7.81. The maximum atomic E-state index is 10.5. The molecule has 0 amide bonds. The largest absolute Gasteiger partial charge is 0.381 e. The summed E-state index contributed by atoms with van der Waals surface area (Å²) >= 11 is 0. The zero-order chi connectivity index (χ0) is 11.4. The first-order valence-corrected chi connectivity index (χ1v) is 5.52. The molecule has 1 aromatic carbocycles. The zero-order valence-corrected chi connectivity index (χ0v) is 9.35. The number of benzene rings is 1.